The molecule has 0 aliphatic heterocycles. The first-order valence-corrected chi connectivity index (χ1v) is 5.65. The van der Waals surface area contributed by atoms with E-state index in [1.54, 1.807) is 0 Å². The van der Waals surface area contributed by atoms with Crippen LogP contribution in [-0.4, -0.2) is 41.9 Å². The SMILES string of the molecule is CC(C)NCCC(=O)N(CC(N)=O)C(C)C. The van der Waals surface area contributed by atoms with Gasteiger partial charge in [0.15, 0.2) is 0 Å². The van der Waals surface area contributed by atoms with Gasteiger partial charge >= 0.3 is 0 Å². The first-order valence-electron chi connectivity index (χ1n) is 5.65. The Hall–Kier alpha value is -1.10. The van der Waals surface area contributed by atoms with Crippen LogP contribution in [0.5, 0.6) is 0 Å². The van der Waals surface area contributed by atoms with Crippen molar-refractivity contribution in [2.75, 3.05) is 13.1 Å². The second-order valence-corrected chi connectivity index (χ2v) is 4.44. The van der Waals surface area contributed by atoms with Gasteiger partial charge in [-0.1, -0.05) is 13.8 Å². The first-order chi connectivity index (χ1) is 7.34. The molecule has 5 nitrogen and oxygen atoms in total. The Balaban J connectivity index is 4.12. The van der Waals surface area contributed by atoms with Crippen molar-refractivity contribution in [1.29, 1.82) is 0 Å². The molecule has 5 heteroatoms. The Morgan fingerprint density at radius 3 is 2.19 bits per heavy atom. The van der Waals surface area contributed by atoms with Gasteiger partial charge in [-0.3, -0.25) is 9.59 Å². The largest absolute Gasteiger partial charge is 0.368 e. The van der Waals surface area contributed by atoms with Crippen LogP contribution >= 0.6 is 0 Å². The molecule has 0 rings (SSSR count). The summed E-state index contributed by atoms with van der Waals surface area (Å²) < 4.78 is 0. The summed E-state index contributed by atoms with van der Waals surface area (Å²) >= 11 is 0. The molecule has 3 N–H and O–H groups in total. The minimum Gasteiger partial charge on any atom is -0.368 e. The van der Waals surface area contributed by atoms with Gasteiger partial charge in [-0.05, 0) is 13.8 Å². The Labute approximate surface area is 97.4 Å². The molecule has 0 bridgehead atoms. The topological polar surface area (TPSA) is 75.4 Å². The highest BCUT2D eigenvalue weighted by molar-refractivity contribution is 5.84. The van der Waals surface area contributed by atoms with E-state index in [1.807, 2.05) is 27.7 Å². The molecule has 0 spiro atoms. The monoisotopic (exact) mass is 229 g/mol. The van der Waals surface area contributed by atoms with Crippen LogP contribution in [0.3, 0.4) is 0 Å². The van der Waals surface area contributed by atoms with Crippen molar-refractivity contribution in [2.24, 2.45) is 5.73 Å². The molecular formula is C11H23N3O2. The Bertz CT molecular complexity index is 239. The molecule has 0 aliphatic carbocycles. The van der Waals surface area contributed by atoms with Gasteiger partial charge in [0.1, 0.15) is 0 Å². The van der Waals surface area contributed by atoms with Gasteiger partial charge in [0, 0.05) is 25.0 Å². The summed E-state index contributed by atoms with van der Waals surface area (Å²) in [4.78, 5) is 24.1. The van der Waals surface area contributed by atoms with Crippen molar-refractivity contribution in [2.45, 2.75) is 46.2 Å². The van der Waals surface area contributed by atoms with E-state index in [4.69, 9.17) is 5.73 Å². The summed E-state index contributed by atoms with van der Waals surface area (Å²) in [5.74, 6) is -0.513. The average Bonchev–Trinajstić information content (AvgIpc) is 2.12. The van der Waals surface area contributed by atoms with E-state index in [9.17, 15) is 9.59 Å². The van der Waals surface area contributed by atoms with Crippen LogP contribution in [0.1, 0.15) is 34.1 Å². The second kappa shape index (κ2) is 7.22. The van der Waals surface area contributed by atoms with Crippen molar-refractivity contribution in [3.05, 3.63) is 0 Å². The predicted molar refractivity (Wildman–Crippen MR) is 63.8 cm³/mol. The molecule has 0 aromatic heterocycles. The fourth-order valence-corrected chi connectivity index (χ4v) is 1.34. The van der Waals surface area contributed by atoms with Crippen molar-refractivity contribution < 1.29 is 9.59 Å². The summed E-state index contributed by atoms with van der Waals surface area (Å²) in [5.41, 5.74) is 5.10. The molecular weight excluding hydrogens is 206 g/mol. The maximum Gasteiger partial charge on any atom is 0.237 e. The molecule has 0 unspecified atom stereocenters. The molecule has 0 saturated carbocycles. The summed E-state index contributed by atoms with van der Waals surface area (Å²) in [6.45, 7) is 8.41. The zero-order chi connectivity index (χ0) is 12.7. The highest BCUT2D eigenvalue weighted by atomic mass is 16.2. The summed E-state index contributed by atoms with van der Waals surface area (Å²) in [6.07, 6.45) is 0.392. The quantitative estimate of drug-likeness (QED) is 0.650. The van der Waals surface area contributed by atoms with E-state index in [0.29, 0.717) is 19.0 Å². The number of carbonyl (C=O) groups is 2. The molecule has 16 heavy (non-hydrogen) atoms. The number of nitrogens with two attached hydrogens (primary N) is 1. The average molecular weight is 229 g/mol. The Morgan fingerprint density at radius 1 is 1.25 bits per heavy atom. The second-order valence-electron chi connectivity index (χ2n) is 4.44. The van der Waals surface area contributed by atoms with Gasteiger partial charge in [-0.2, -0.15) is 0 Å². The minimum atomic E-state index is -0.473. The predicted octanol–water partition coefficient (Wildman–Crippen LogP) is 0.0968. The van der Waals surface area contributed by atoms with E-state index in [1.165, 1.54) is 4.90 Å². The number of primary amides is 1. The van der Waals surface area contributed by atoms with Crippen LogP contribution in [0, 0.1) is 0 Å². The lowest BCUT2D eigenvalue weighted by Gasteiger charge is -2.25. The first kappa shape index (κ1) is 14.9. The third-order valence-corrected chi connectivity index (χ3v) is 2.16. The maximum absolute atomic E-state index is 11.8. The normalized spacial score (nSPS) is 10.9. The molecule has 0 aromatic carbocycles. The third-order valence-electron chi connectivity index (χ3n) is 2.16. The summed E-state index contributed by atoms with van der Waals surface area (Å²) in [5, 5.41) is 3.16. The minimum absolute atomic E-state index is 0.000880. The van der Waals surface area contributed by atoms with Gasteiger partial charge in [0.25, 0.3) is 0 Å². The number of rotatable bonds is 7. The molecule has 94 valence electrons. The van der Waals surface area contributed by atoms with Crippen LogP contribution in [0.25, 0.3) is 0 Å². The highest BCUT2D eigenvalue weighted by Gasteiger charge is 2.18. The zero-order valence-corrected chi connectivity index (χ0v) is 10.6. The smallest absolute Gasteiger partial charge is 0.237 e. The zero-order valence-electron chi connectivity index (χ0n) is 10.6. The van der Waals surface area contributed by atoms with Crippen LogP contribution in [0.15, 0.2) is 0 Å². The number of hydrogen-bond acceptors (Lipinski definition) is 3. The molecule has 0 radical (unpaired) electrons. The number of carbonyl (C=O) groups excluding carboxylic acids is 2. The molecule has 0 saturated heterocycles. The van der Waals surface area contributed by atoms with E-state index in [2.05, 4.69) is 5.32 Å². The number of amides is 2. The van der Waals surface area contributed by atoms with E-state index in [0.717, 1.165) is 0 Å². The lowest BCUT2D eigenvalue weighted by Crippen LogP contribution is -2.43. The maximum atomic E-state index is 11.8. The van der Waals surface area contributed by atoms with Crippen LogP contribution in [0.2, 0.25) is 0 Å². The van der Waals surface area contributed by atoms with Gasteiger partial charge in [0.2, 0.25) is 11.8 Å². The van der Waals surface area contributed by atoms with Crippen LogP contribution in [0.4, 0.5) is 0 Å². The highest BCUT2D eigenvalue weighted by Crippen LogP contribution is 2.00. The number of nitrogens with zero attached hydrogens (tertiary/aromatic N) is 1. The fourth-order valence-electron chi connectivity index (χ4n) is 1.34. The fraction of sp³-hybridized carbons (Fsp3) is 0.818. The lowest BCUT2D eigenvalue weighted by atomic mass is 10.2. The van der Waals surface area contributed by atoms with E-state index < -0.39 is 5.91 Å². The standard InChI is InChI=1S/C11H23N3O2/c1-8(2)13-6-5-11(16)14(9(3)4)7-10(12)15/h8-9,13H,5-7H2,1-4H3,(H2,12,15). The van der Waals surface area contributed by atoms with Crippen LogP contribution in [-0.2, 0) is 9.59 Å². The summed E-state index contributed by atoms with van der Waals surface area (Å²) in [6, 6.07) is 0.357. The van der Waals surface area contributed by atoms with Crippen molar-refractivity contribution in [3.63, 3.8) is 0 Å². The molecule has 0 heterocycles. The van der Waals surface area contributed by atoms with Gasteiger partial charge in [0.05, 0.1) is 6.54 Å². The molecule has 2 amide bonds. The number of hydrogen-bond donors (Lipinski definition) is 2. The molecule has 0 atom stereocenters. The third kappa shape index (κ3) is 6.40. The lowest BCUT2D eigenvalue weighted by molar-refractivity contribution is -0.136. The van der Waals surface area contributed by atoms with Gasteiger partial charge < -0.3 is 16.0 Å². The molecule has 0 fully saturated rings. The molecule has 0 aliphatic rings. The molecule has 0 aromatic rings. The Morgan fingerprint density at radius 2 is 1.81 bits per heavy atom. The van der Waals surface area contributed by atoms with E-state index in [-0.39, 0.29) is 18.5 Å². The summed E-state index contributed by atoms with van der Waals surface area (Å²) in [7, 11) is 0. The van der Waals surface area contributed by atoms with Crippen molar-refractivity contribution in [1.82, 2.24) is 10.2 Å². The van der Waals surface area contributed by atoms with E-state index >= 15 is 0 Å². The van der Waals surface area contributed by atoms with Crippen LogP contribution < -0.4 is 11.1 Å². The number of nitrogens with one attached hydrogen (secondary N) is 1. The Kier molecular flexibility index (Phi) is 6.72. The van der Waals surface area contributed by atoms with Gasteiger partial charge in [-0.25, -0.2) is 0 Å². The van der Waals surface area contributed by atoms with Gasteiger partial charge in [-0.15, -0.1) is 0 Å². The van der Waals surface area contributed by atoms with Crippen molar-refractivity contribution in [3.8, 4) is 0 Å². The van der Waals surface area contributed by atoms with Crippen molar-refractivity contribution >= 4 is 11.8 Å².